The van der Waals surface area contributed by atoms with Crippen LogP contribution in [0.4, 0.5) is 17.6 Å². The van der Waals surface area contributed by atoms with Gasteiger partial charge in [0.05, 0.1) is 0 Å². The van der Waals surface area contributed by atoms with E-state index < -0.39 is 40.3 Å². The molecule has 1 aromatic rings. The van der Waals surface area contributed by atoms with Crippen molar-refractivity contribution in [3.05, 3.63) is 34.4 Å². The molecule has 0 saturated heterocycles. The lowest BCUT2D eigenvalue weighted by molar-refractivity contribution is 0.0908. The fourth-order valence-corrected chi connectivity index (χ4v) is 2.97. The molecule has 2 nitrogen and oxygen atoms in total. The Bertz CT molecular complexity index is 553. The smallest absolute Gasteiger partial charge is 0.257 e. The summed E-state index contributed by atoms with van der Waals surface area (Å²) in [5, 5.41) is 2.47. The maximum absolute atomic E-state index is 13.8. The molecule has 122 valence electrons. The van der Waals surface area contributed by atoms with Crippen LogP contribution < -0.4 is 5.32 Å². The Kier molecular flexibility index (Phi) is 5.08. The molecule has 0 aromatic heterocycles. The van der Waals surface area contributed by atoms with Gasteiger partial charge in [-0.3, -0.25) is 4.79 Å². The Morgan fingerprint density at radius 2 is 1.50 bits per heavy atom. The Morgan fingerprint density at radius 3 is 2.00 bits per heavy atom. The SMILES string of the molecule is Cc1c(F)c(F)c(C(=O)N[C@@H](C)C2CCCCC2)c(F)c1F. The van der Waals surface area contributed by atoms with Crippen molar-refractivity contribution in [2.45, 2.75) is 52.0 Å². The van der Waals surface area contributed by atoms with Gasteiger partial charge in [-0.1, -0.05) is 19.3 Å². The summed E-state index contributed by atoms with van der Waals surface area (Å²) >= 11 is 0. The zero-order valence-electron chi connectivity index (χ0n) is 12.6. The van der Waals surface area contributed by atoms with Crippen molar-refractivity contribution in [2.24, 2.45) is 5.92 Å². The fraction of sp³-hybridized carbons (Fsp3) is 0.562. The molecule has 0 aliphatic heterocycles. The van der Waals surface area contributed by atoms with E-state index in [-0.39, 0.29) is 12.0 Å². The number of rotatable bonds is 3. The summed E-state index contributed by atoms with van der Waals surface area (Å²) < 4.78 is 54.7. The minimum atomic E-state index is -1.65. The summed E-state index contributed by atoms with van der Waals surface area (Å²) in [6.45, 7) is 2.66. The molecule has 1 fully saturated rings. The second-order valence-electron chi connectivity index (χ2n) is 5.92. The number of amides is 1. The zero-order valence-corrected chi connectivity index (χ0v) is 12.6. The summed E-state index contributed by atoms with van der Waals surface area (Å²) in [5.41, 5.74) is -1.96. The van der Waals surface area contributed by atoms with Crippen molar-refractivity contribution in [2.75, 3.05) is 0 Å². The van der Waals surface area contributed by atoms with Crippen LogP contribution in [0.2, 0.25) is 0 Å². The second-order valence-corrected chi connectivity index (χ2v) is 5.92. The molecule has 1 saturated carbocycles. The normalized spacial score (nSPS) is 17.4. The first-order valence-corrected chi connectivity index (χ1v) is 7.48. The molecule has 0 radical (unpaired) electrons. The van der Waals surface area contributed by atoms with Crippen LogP contribution in [0.1, 0.15) is 54.9 Å². The van der Waals surface area contributed by atoms with Crippen LogP contribution in [-0.4, -0.2) is 11.9 Å². The van der Waals surface area contributed by atoms with Crippen molar-refractivity contribution in [1.82, 2.24) is 5.32 Å². The molecule has 0 unspecified atom stereocenters. The van der Waals surface area contributed by atoms with Gasteiger partial charge < -0.3 is 5.32 Å². The van der Waals surface area contributed by atoms with Gasteiger partial charge in [0.25, 0.3) is 5.91 Å². The lowest BCUT2D eigenvalue weighted by Crippen LogP contribution is -2.40. The number of carbonyl (C=O) groups excluding carboxylic acids is 1. The van der Waals surface area contributed by atoms with Gasteiger partial charge in [-0.2, -0.15) is 0 Å². The van der Waals surface area contributed by atoms with Crippen LogP contribution in [0.25, 0.3) is 0 Å². The van der Waals surface area contributed by atoms with Crippen LogP contribution in [0, 0.1) is 36.1 Å². The lowest BCUT2D eigenvalue weighted by Gasteiger charge is -2.28. The quantitative estimate of drug-likeness (QED) is 0.655. The van der Waals surface area contributed by atoms with Gasteiger partial charge >= 0.3 is 0 Å². The fourth-order valence-electron chi connectivity index (χ4n) is 2.97. The largest absolute Gasteiger partial charge is 0.349 e. The van der Waals surface area contributed by atoms with E-state index in [1.165, 1.54) is 0 Å². The number of nitrogens with one attached hydrogen (secondary N) is 1. The molecular weight excluding hydrogens is 298 g/mol. The van der Waals surface area contributed by atoms with Crippen LogP contribution >= 0.6 is 0 Å². The minimum Gasteiger partial charge on any atom is -0.349 e. The van der Waals surface area contributed by atoms with Crippen molar-refractivity contribution in [3.8, 4) is 0 Å². The third kappa shape index (κ3) is 3.10. The maximum Gasteiger partial charge on any atom is 0.257 e. The highest BCUT2D eigenvalue weighted by molar-refractivity contribution is 5.95. The first-order valence-electron chi connectivity index (χ1n) is 7.48. The Hall–Kier alpha value is -1.59. The highest BCUT2D eigenvalue weighted by Gasteiger charge is 2.29. The monoisotopic (exact) mass is 317 g/mol. The van der Waals surface area contributed by atoms with Crippen LogP contribution in [0.3, 0.4) is 0 Å². The van der Waals surface area contributed by atoms with Crippen molar-refractivity contribution in [3.63, 3.8) is 0 Å². The highest BCUT2D eigenvalue weighted by Crippen LogP contribution is 2.27. The van der Waals surface area contributed by atoms with Gasteiger partial charge in [-0.25, -0.2) is 17.6 Å². The van der Waals surface area contributed by atoms with Gasteiger partial charge in [0.2, 0.25) is 0 Å². The number of carbonyl (C=O) groups is 1. The number of halogens is 4. The van der Waals surface area contributed by atoms with E-state index in [2.05, 4.69) is 5.32 Å². The molecule has 2 rings (SSSR count). The topological polar surface area (TPSA) is 29.1 Å². The molecule has 0 spiro atoms. The standard InChI is InChI=1S/C16H19F4NO/c1-8-12(17)14(19)11(15(20)13(8)18)16(22)21-9(2)10-6-4-3-5-7-10/h9-10H,3-7H2,1-2H3,(H,21,22)/t9-/m0/s1. The molecule has 22 heavy (non-hydrogen) atoms. The Morgan fingerprint density at radius 1 is 1.00 bits per heavy atom. The Labute approximate surface area is 126 Å². The van der Waals surface area contributed by atoms with E-state index in [4.69, 9.17) is 0 Å². The average molecular weight is 317 g/mol. The summed E-state index contributed by atoms with van der Waals surface area (Å²) in [6.07, 6.45) is 5.06. The summed E-state index contributed by atoms with van der Waals surface area (Å²) in [4.78, 5) is 12.0. The Balaban J connectivity index is 2.22. The van der Waals surface area contributed by atoms with Gasteiger partial charge in [0.15, 0.2) is 23.3 Å². The molecular formula is C16H19F4NO. The molecule has 6 heteroatoms. The third-order valence-corrected chi connectivity index (χ3v) is 4.43. The van der Waals surface area contributed by atoms with Crippen molar-refractivity contribution >= 4 is 5.91 Å². The third-order valence-electron chi connectivity index (χ3n) is 4.43. The predicted molar refractivity (Wildman–Crippen MR) is 74.5 cm³/mol. The molecule has 1 aliphatic carbocycles. The molecule has 1 aromatic carbocycles. The first-order chi connectivity index (χ1) is 10.3. The highest BCUT2D eigenvalue weighted by atomic mass is 19.2. The predicted octanol–water partition coefficient (Wildman–Crippen LogP) is 4.25. The van der Waals surface area contributed by atoms with Gasteiger partial charge in [0.1, 0.15) is 5.56 Å². The molecule has 1 aliphatic rings. The van der Waals surface area contributed by atoms with E-state index in [0.717, 1.165) is 39.0 Å². The maximum atomic E-state index is 13.8. The van der Waals surface area contributed by atoms with Gasteiger partial charge in [-0.15, -0.1) is 0 Å². The zero-order chi connectivity index (χ0) is 16.4. The second kappa shape index (κ2) is 6.67. The number of hydrogen-bond donors (Lipinski definition) is 1. The van der Waals surface area contributed by atoms with Crippen molar-refractivity contribution < 1.29 is 22.4 Å². The molecule has 1 N–H and O–H groups in total. The van der Waals surface area contributed by atoms with Gasteiger partial charge in [0, 0.05) is 11.6 Å². The molecule has 1 atom stereocenters. The van der Waals surface area contributed by atoms with Crippen LogP contribution in [-0.2, 0) is 0 Å². The van der Waals surface area contributed by atoms with E-state index in [1.807, 2.05) is 0 Å². The molecule has 0 bridgehead atoms. The average Bonchev–Trinajstić information content (AvgIpc) is 2.52. The number of benzene rings is 1. The first kappa shape index (κ1) is 16.8. The van der Waals surface area contributed by atoms with Crippen LogP contribution in [0.15, 0.2) is 0 Å². The molecule has 1 amide bonds. The van der Waals surface area contributed by atoms with E-state index >= 15 is 0 Å². The summed E-state index contributed by atoms with van der Waals surface area (Å²) in [6, 6.07) is -0.306. The molecule has 0 heterocycles. The van der Waals surface area contributed by atoms with E-state index in [9.17, 15) is 22.4 Å². The minimum absolute atomic E-state index is 0.212. The number of hydrogen-bond acceptors (Lipinski definition) is 1. The van der Waals surface area contributed by atoms with Gasteiger partial charge in [-0.05, 0) is 32.6 Å². The van der Waals surface area contributed by atoms with Crippen LogP contribution in [0.5, 0.6) is 0 Å². The van der Waals surface area contributed by atoms with Crippen molar-refractivity contribution in [1.29, 1.82) is 0 Å². The van der Waals surface area contributed by atoms with E-state index in [1.54, 1.807) is 6.92 Å². The summed E-state index contributed by atoms with van der Waals surface area (Å²) in [5.74, 6) is -7.27. The summed E-state index contributed by atoms with van der Waals surface area (Å²) in [7, 11) is 0. The van der Waals surface area contributed by atoms with E-state index in [0.29, 0.717) is 0 Å². The lowest BCUT2D eigenvalue weighted by atomic mass is 9.84.